The van der Waals surface area contributed by atoms with Crippen LogP contribution in [0.1, 0.15) is 13.8 Å². The molecule has 3 heteroatoms. The monoisotopic (exact) mass is 223 g/mol. The Morgan fingerprint density at radius 2 is 2.13 bits per heavy atom. The number of rotatable bonds is 3. The summed E-state index contributed by atoms with van der Waals surface area (Å²) in [6, 6.07) is 4.81. The fourth-order valence-corrected chi connectivity index (χ4v) is 1.32. The van der Waals surface area contributed by atoms with E-state index in [4.69, 9.17) is 11.6 Å². The number of nitrogens with one attached hydrogen (secondary N) is 1. The Bertz CT molecular complexity index is 390. The van der Waals surface area contributed by atoms with Gasteiger partial charge in [-0.25, -0.2) is 0 Å². The van der Waals surface area contributed by atoms with Crippen molar-refractivity contribution >= 4 is 17.3 Å². The zero-order chi connectivity index (χ0) is 11.4. The maximum absolute atomic E-state index is 9.33. The Hall–Kier alpha value is -1.41. The summed E-state index contributed by atoms with van der Waals surface area (Å²) in [6.45, 7) is 7.78. The zero-order valence-electron chi connectivity index (χ0n) is 8.84. The van der Waals surface area contributed by atoms with E-state index in [0.717, 1.165) is 17.0 Å². The molecule has 0 amide bonds. The predicted molar refractivity (Wildman–Crippen MR) is 65.3 cm³/mol. The lowest BCUT2D eigenvalue weighted by Crippen LogP contribution is -1.98. The first-order valence-electron chi connectivity index (χ1n) is 4.61. The van der Waals surface area contributed by atoms with Gasteiger partial charge in [0.25, 0.3) is 0 Å². The highest BCUT2D eigenvalue weighted by Gasteiger charge is 2.00. The highest BCUT2D eigenvalue weighted by molar-refractivity contribution is 6.31. The quantitative estimate of drug-likeness (QED) is 0.761. The van der Waals surface area contributed by atoms with Crippen molar-refractivity contribution in [3.05, 3.63) is 47.1 Å². The van der Waals surface area contributed by atoms with Gasteiger partial charge < -0.3 is 10.4 Å². The number of anilines is 1. The highest BCUT2D eigenvalue weighted by Crippen LogP contribution is 2.24. The molecule has 0 radical (unpaired) electrons. The fourth-order valence-electron chi connectivity index (χ4n) is 1.09. The fraction of sp³-hybridized carbons (Fsp3) is 0.167. The van der Waals surface area contributed by atoms with Crippen LogP contribution in [0.3, 0.4) is 0 Å². The van der Waals surface area contributed by atoms with Crippen LogP contribution < -0.4 is 5.32 Å². The van der Waals surface area contributed by atoms with Crippen molar-refractivity contribution in [2.75, 3.05) is 5.32 Å². The van der Waals surface area contributed by atoms with Gasteiger partial charge in [-0.3, -0.25) is 0 Å². The number of halogens is 1. The van der Waals surface area contributed by atoms with E-state index >= 15 is 0 Å². The summed E-state index contributed by atoms with van der Waals surface area (Å²) in [7, 11) is 0. The summed E-state index contributed by atoms with van der Waals surface area (Å²) in [4.78, 5) is 0. The van der Waals surface area contributed by atoms with E-state index in [-0.39, 0.29) is 5.75 Å². The van der Waals surface area contributed by atoms with Crippen LogP contribution in [0.15, 0.2) is 42.1 Å². The van der Waals surface area contributed by atoms with Gasteiger partial charge in [-0.2, -0.15) is 0 Å². The third-order valence-corrected chi connectivity index (χ3v) is 2.31. The number of allylic oxidation sites excluding steroid dienone is 2. The molecule has 2 N–H and O–H groups in total. The summed E-state index contributed by atoms with van der Waals surface area (Å²) in [5, 5.41) is 12.9. The maximum Gasteiger partial charge on any atom is 0.119 e. The van der Waals surface area contributed by atoms with Gasteiger partial charge in [0.2, 0.25) is 0 Å². The molecule has 1 aromatic carbocycles. The Morgan fingerprint density at radius 1 is 1.47 bits per heavy atom. The van der Waals surface area contributed by atoms with Crippen molar-refractivity contribution in [2.24, 2.45) is 0 Å². The molecular formula is C12H14ClNO. The van der Waals surface area contributed by atoms with Gasteiger partial charge in [0.15, 0.2) is 0 Å². The minimum absolute atomic E-state index is 0.135. The zero-order valence-corrected chi connectivity index (χ0v) is 9.60. The second kappa shape index (κ2) is 4.89. The molecule has 15 heavy (non-hydrogen) atoms. The van der Waals surface area contributed by atoms with Crippen LogP contribution >= 0.6 is 11.6 Å². The SMILES string of the molecule is C=C(Nc1cc(O)cc(Cl)c1)C(C)=CC. The molecule has 0 saturated heterocycles. The Kier molecular flexibility index (Phi) is 3.81. The number of hydrogen-bond donors (Lipinski definition) is 2. The lowest BCUT2D eigenvalue weighted by atomic mass is 10.2. The summed E-state index contributed by atoms with van der Waals surface area (Å²) < 4.78 is 0. The van der Waals surface area contributed by atoms with E-state index in [2.05, 4.69) is 11.9 Å². The number of phenols is 1. The molecular weight excluding hydrogens is 210 g/mol. The molecule has 0 bridgehead atoms. The molecule has 0 heterocycles. The first kappa shape index (κ1) is 11.7. The molecule has 0 unspecified atom stereocenters. The molecule has 0 aliphatic heterocycles. The number of benzene rings is 1. The van der Waals surface area contributed by atoms with E-state index in [0.29, 0.717) is 5.02 Å². The molecule has 0 fully saturated rings. The summed E-state index contributed by atoms with van der Waals surface area (Å²) in [5.74, 6) is 0.135. The van der Waals surface area contributed by atoms with E-state index < -0.39 is 0 Å². The van der Waals surface area contributed by atoms with E-state index in [1.807, 2.05) is 19.9 Å². The molecule has 2 nitrogen and oxygen atoms in total. The largest absolute Gasteiger partial charge is 0.508 e. The van der Waals surface area contributed by atoms with Crippen molar-refractivity contribution in [3.63, 3.8) is 0 Å². The van der Waals surface area contributed by atoms with E-state index in [1.165, 1.54) is 6.07 Å². The molecule has 0 aliphatic rings. The molecule has 0 spiro atoms. The highest BCUT2D eigenvalue weighted by atomic mass is 35.5. The first-order chi connectivity index (χ1) is 7.02. The second-order valence-corrected chi connectivity index (χ2v) is 3.71. The Balaban J connectivity index is 2.86. The van der Waals surface area contributed by atoms with Gasteiger partial charge in [-0.1, -0.05) is 24.3 Å². The van der Waals surface area contributed by atoms with Crippen LogP contribution in [-0.4, -0.2) is 5.11 Å². The standard InChI is InChI=1S/C12H14ClNO/c1-4-8(2)9(3)14-11-5-10(13)6-12(15)7-11/h4-7,14-15H,3H2,1-2H3. The van der Waals surface area contributed by atoms with Crippen molar-refractivity contribution < 1.29 is 5.11 Å². The van der Waals surface area contributed by atoms with E-state index in [9.17, 15) is 5.11 Å². The van der Waals surface area contributed by atoms with Gasteiger partial charge >= 0.3 is 0 Å². The van der Waals surface area contributed by atoms with Crippen molar-refractivity contribution in [3.8, 4) is 5.75 Å². The van der Waals surface area contributed by atoms with Crippen molar-refractivity contribution in [2.45, 2.75) is 13.8 Å². The molecule has 1 aromatic rings. The van der Waals surface area contributed by atoms with Gasteiger partial charge in [0.05, 0.1) is 0 Å². The lowest BCUT2D eigenvalue weighted by Gasteiger charge is -2.10. The number of aromatic hydroxyl groups is 1. The third kappa shape index (κ3) is 3.33. The first-order valence-corrected chi connectivity index (χ1v) is 4.99. The molecule has 0 aromatic heterocycles. The third-order valence-electron chi connectivity index (χ3n) is 2.09. The van der Waals surface area contributed by atoms with Gasteiger partial charge in [0.1, 0.15) is 5.75 Å². The maximum atomic E-state index is 9.33. The smallest absolute Gasteiger partial charge is 0.119 e. The number of hydrogen-bond acceptors (Lipinski definition) is 2. The average molecular weight is 224 g/mol. The lowest BCUT2D eigenvalue weighted by molar-refractivity contribution is 0.475. The normalized spacial score (nSPS) is 11.3. The molecule has 0 saturated carbocycles. The number of phenolic OH excluding ortho intramolecular Hbond substituents is 1. The van der Waals surface area contributed by atoms with Crippen LogP contribution in [0, 0.1) is 0 Å². The molecule has 80 valence electrons. The molecule has 0 atom stereocenters. The summed E-state index contributed by atoms with van der Waals surface area (Å²) in [6.07, 6.45) is 1.96. The van der Waals surface area contributed by atoms with Crippen molar-refractivity contribution in [1.82, 2.24) is 0 Å². The van der Waals surface area contributed by atoms with Crippen LogP contribution in [0.5, 0.6) is 5.75 Å². The predicted octanol–water partition coefficient (Wildman–Crippen LogP) is 3.94. The van der Waals surface area contributed by atoms with Crippen LogP contribution in [0.25, 0.3) is 0 Å². The van der Waals surface area contributed by atoms with Crippen LogP contribution in [0.4, 0.5) is 5.69 Å². The van der Waals surface area contributed by atoms with Gasteiger partial charge in [-0.05, 0) is 31.6 Å². The Labute approximate surface area is 94.9 Å². The average Bonchev–Trinajstić information content (AvgIpc) is 2.14. The Morgan fingerprint density at radius 3 is 2.67 bits per heavy atom. The van der Waals surface area contributed by atoms with Gasteiger partial charge in [-0.15, -0.1) is 0 Å². The van der Waals surface area contributed by atoms with E-state index in [1.54, 1.807) is 12.1 Å². The van der Waals surface area contributed by atoms with Crippen molar-refractivity contribution in [1.29, 1.82) is 0 Å². The van der Waals surface area contributed by atoms with Crippen LogP contribution in [0.2, 0.25) is 5.02 Å². The summed E-state index contributed by atoms with van der Waals surface area (Å²) in [5.41, 5.74) is 2.57. The molecule has 0 aliphatic carbocycles. The topological polar surface area (TPSA) is 32.3 Å². The minimum atomic E-state index is 0.135. The second-order valence-electron chi connectivity index (χ2n) is 3.27. The summed E-state index contributed by atoms with van der Waals surface area (Å²) >= 11 is 5.80. The van der Waals surface area contributed by atoms with Crippen LogP contribution in [-0.2, 0) is 0 Å². The molecule has 1 rings (SSSR count). The van der Waals surface area contributed by atoms with Gasteiger partial charge in [0, 0.05) is 22.5 Å². The minimum Gasteiger partial charge on any atom is -0.508 e.